The first-order valence-corrected chi connectivity index (χ1v) is 2.60. The molecule has 0 heterocycles. The molecule has 0 aliphatic rings. The molecule has 0 aromatic heterocycles. The van der Waals surface area contributed by atoms with Crippen molar-refractivity contribution in [3.05, 3.63) is 36.1 Å². The minimum Gasteiger partial charge on any atom is -0.207 e. The average Bonchev–Trinajstić information content (AvgIpc) is 1.94. The van der Waals surface area contributed by atoms with Crippen molar-refractivity contribution in [1.29, 1.82) is 0 Å². The lowest BCUT2D eigenvalue weighted by atomic mass is 10.4. The van der Waals surface area contributed by atoms with Crippen LogP contribution in [0, 0.1) is 5.82 Å². The molecule has 1 rings (SSSR count). The van der Waals surface area contributed by atoms with Crippen LogP contribution in [0.5, 0.6) is 0 Å². The molecule has 3 heteroatoms. The van der Waals surface area contributed by atoms with Crippen LogP contribution in [0.1, 0.15) is 0 Å². The van der Waals surface area contributed by atoms with Crippen molar-refractivity contribution in [2.75, 3.05) is 0 Å². The summed E-state index contributed by atoms with van der Waals surface area (Å²) in [5.41, 5.74) is 0. The van der Waals surface area contributed by atoms with Gasteiger partial charge in [0.05, 0.1) is 0 Å². The van der Waals surface area contributed by atoms with Crippen molar-refractivity contribution < 1.29 is 8.60 Å². The van der Waals surface area contributed by atoms with E-state index in [0.717, 1.165) is 0 Å². The molecule has 0 atom stereocenters. The van der Waals surface area contributed by atoms with Gasteiger partial charge in [0.15, 0.2) is 12.5 Å². The van der Waals surface area contributed by atoms with Gasteiger partial charge in [-0.25, -0.2) is 4.39 Å². The summed E-state index contributed by atoms with van der Waals surface area (Å²) in [4.78, 5) is 0. The molecule has 0 radical (unpaired) electrons. The van der Waals surface area contributed by atoms with Crippen LogP contribution in [0.15, 0.2) is 30.3 Å². The lowest BCUT2D eigenvalue weighted by Gasteiger charge is -1.78. The maximum absolute atomic E-state index is 11.9. The van der Waals surface area contributed by atoms with Crippen LogP contribution in [-0.2, 0) is 12.5 Å². The number of rotatable bonds is 0. The Bertz CT molecular complexity index is 154. The lowest BCUT2D eigenvalue weighted by Crippen LogP contribution is -1.63. The fourth-order valence-electron chi connectivity index (χ4n) is 0.415. The fraction of sp³-hybridized carbons (Fsp3) is 0. The summed E-state index contributed by atoms with van der Waals surface area (Å²) < 4.78 is 19.7. The normalized spacial score (nSPS) is 7.22. The molecule has 0 fully saturated rings. The zero-order chi connectivity index (χ0) is 7.11. The Morgan fingerprint density at radius 2 is 1.56 bits per heavy atom. The van der Waals surface area contributed by atoms with Crippen LogP contribution in [0.3, 0.4) is 0 Å². The quantitative estimate of drug-likeness (QED) is 0.548. The van der Waals surface area contributed by atoms with Crippen molar-refractivity contribution in [3.8, 4) is 0 Å². The summed E-state index contributed by atoms with van der Waals surface area (Å²) in [6.45, 7) is 0. The topological polar surface area (TPSA) is 17.1 Å². The number of hydrogen-bond acceptors (Lipinski definition) is 2. The van der Waals surface area contributed by atoms with E-state index in [0.29, 0.717) is 0 Å². The molecule has 1 nitrogen and oxygen atoms in total. The van der Waals surface area contributed by atoms with E-state index in [1.807, 2.05) is 0 Å². The molecule has 0 unspecified atom stereocenters. The minimum absolute atomic E-state index is 0.178. The van der Waals surface area contributed by atoms with Gasteiger partial charge in [-0.15, -0.1) is 0 Å². The Morgan fingerprint density at radius 3 is 1.78 bits per heavy atom. The molecule has 1 aromatic carbocycles. The SMILES string of the molecule is Fc1ccccc1.O=S. The summed E-state index contributed by atoms with van der Waals surface area (Å²) in [5.74, 6) is -0.178. The predicted octanol–water partition coefficient (Wildman–Crippen LogP) is 1.49. The van der Waals surface area contributed by atoms with Gasteiger partial charge in [0, 0.05) is 0 Å². The van der Waals surface area contributed by atoms with Gasteiger partial charge in [-0.05, 0) is 12.1 Å². The highest BCUT2D eigenvalue weighted by molar-refractivity contribution is 7.44. The zero-order valence-corrected chi connectivity index (χ0v) is 5.40. The van der Waals surface area contributed by atoms with Crippen LogP contribution in [0.25, 0.3) is 0 Å². The van der Waals surface area contributed by atoms with Crippen LogP contribution in [0.2, 0.25) is 0 Å². The largest absolute Gasteiger partial charge is 0.207 e. The van der Waals surface area contributed by atoms with Gasteiger partial charge in [0.2, 0.25) is 0 Å². The van der Waals surface area contributed by atoms with Gasteiger partial charge in [0.1, 0.15) is 5.82 Å². The summed E-state index contributed by atoms with van der Waals surface area (Å²) in [6.07, 6.45) is 0. The van der Waals surface area contributed by atoms with Crippen LogP contribution in [-0.4, -0.2) is 4.21 Å². The Balaban J connectivity index is 0.000000291. The Hall–Kier alpha value is -0.830. The fourth-order valence-corrected chi connectivity index (χ4v) is 0.415. The summed E-state index contributed by atoms with van der Waals surface area (Å²) in [5, 5.41) is 0. The minimum atomic E-state index is -0.178. The molecule has 1 aromatic rings. The van der Waals surface area contributed by atoms with Crippen molar-refractivity contribution in [1.82, 2.24) is 0 Å². The molecule has 0 saturated carbocycles. The third-order valence-corrected chi connectivity index (χ3v) is 0.733. The van der Waals surface area contributed by atoms with E-state index in [9.17, 15) is 4.39 Å². The Labute approximate surface area is 58.0 Å². The molecule has 0 saturated heterocycles. The van der Waals surface area contributed by atoms with Gasteiger partial charge >= 0.3 is 0 Å². The first-order chi connectivity index (χ1) is 4.39. The van der Waals surface area contributed by atoms with Crippen LogP contribution >= 0.6 is 0 Å². The van der Waals surface area contributed by atoms with Gasteiger partial charge in [-0.2, -0.15) is 4.21 Å². The number of benzene rings is 1. The lowest BCUT2D eigenvalue weighted by molar-refractivity contribution is 0.628. The molecular weight excluding hydrogens is 139 g/mol. The van der Waals surface area contributed by atoms with Crippen molar-refractivity contribution >= 4 is 12.5 Å². The number of hydrogen-bond donors (Lipinski definition) is 0. The molecule has 0 spiro atoms. The molecule has 0 aliphatic heterocycles. The molecule has 48 valence electrons. The Kier molecular flexibility index (Phi) is 4.82. The highest BCUT2D eigenvalue weighted by Crippen LogP contribution is 1.91. The van der Waals surface area contributed by atoms with Crippen molar-refractivity contribution in [3.63, 3.8) is 0 Å². The van der Waals surface area contributed by atoms with Gasteiger partial charge in [-0.1, -0.05) is 18.2 Å². The van der Waals surface area contributed by atoms with Gasteiger partial charge < -0.3 is 0 Å². The summed E-state index contributed by atoms with van der Waals surface area (Å²) in [6, 6.07) is 7.94. The highest BCUT2D eigenvalue weighted by Gasteiger charge is 1.77. The van der Waals surface area contributed by atoms with Crippen molar-refractivity contribution in [2.45, 2.75) is 0 Å². The monoisotopic (exact) mass is 144 g/mol. The molecular formula is C6H5FOS. The average molecular weight is 144 g/mol. The highest BCUT2D eigenvalue weighted by atomic mass is 32.1. The second-order valence-corrected chi connectivity index (χ2v) is 1.30. The van der Waals surface area contributed by atoms with E-state index in [1.54, 1.807) is 18.2 Å². The molecule has 0 bridgehead atoms. The smallest absolute Gasteiger partial charge is 0.197 e. The second-order valence-electron chi connectivity index (χ2n) is 1.30. The van der Waals surface area contributed by atoms with E-state index in [2.05, 4.69) is 12.5 Å². The summed E-state index contributed by atoms with van der Waals surface area (Å²) >= 11 is 2.83. The maximum Gasteiger partial charge on any atom is 0.197 e. The second kappa shape index (κ2) is 5.31. The van der Waals surface area contributed by atoms with Gasteiger partial charge in [-0.3, -0.25) is 0 Å². The van der Waals surface area contributed by atoms with E-state index >= 15 is 0 Å². The van der Waals surface area contributed by atoms with E-state index in [-0.39, 0.29) is 5.82 Å². The third kappa shape index (κ3) is 3.73. The molecule has 9 heavy (non-hydrogen) atoms. The first-order valence-electron chi connectivity index (χ1n) is 2.27. The molecule has 0 N–H and O–H groups in total. The van der Waals surface area contributed by atoms with E-state index in [1.165, 1.54) is 12.1 Å². The predicted molar refractivity (Wildman–Crippen MR) is 34.5 cm³/mol. The van der Waals surface area contributed by atoms with Crippen LogP contribution in [0.4, 0.5) is 4.39 Å². The zero-order valence-electron chi connectivity index (χ0n) is 4.58. The van der Waals surface area contributed by atoms with E-state index < -0.39 is 0 Å². The number of halogens is 1. The maximum atomic E-state index is 11.9. The molecule has 0 amide bonds. The van der Waals surface area contributed by atoms with Crippen molar-refractivity contribution in [2.24, 2.45) is 0 Å². The van der Waals surface area contributed by atoms with Crippen LogP contribution < -0.4 is 0 Å². The van der Waals surface area contributed by atoms with E-state index in [4.69, 9.17) is 4.21 Å². The Morgan fingerprint density at radius 1 is 1.11 bits per heavy atom. The molecule has 0 aliphatic carbocycles. The van der Waals surface area contributed by atoms with Gasteiger partial charge in [0.25, 0.3) is 0 Å². The first kappa shape index (κ1) is 8.17. The standard InChI is InChI=1S/C6H5F.OS/c7-6-4-2-1-3-5-6;1-2/h1-5H;. The third-order valence-electron chi connectivity index (χ3n) is 0.733. The summed E-state index contributed by atoms with van der Waals surface area (Å²) in [7, 11) is 0.